The number of nitrogens with zero attached hydrogens (tertiary/aromatic N) is 5. The van der Waals surface area contributed by atoms with Crippen molar-refractivity contribution in [2.24, 2.45) is 5.73 Å². The van der Waals surface area contributed by atoms with Crippen LogP contribution >= 0.6 is 0 Å². The number of carbonyl (C=O) groups excluding carboxylic acids is 1. The quantitative estimate of drug-likeness (QED) is 0.334. The molecule has 1 fully saturated rings. The van der Waals surface area contributed by atoms with Gasteiger partial charge in [-0.2, -0.15) is 0 Å². The number of nitrogens with one attached hydrogen (secondary N) is 1. The minimum absolute atomic E-state index is 0.0323. The smallest absolute Gasteiger partial charge is 0.404 e. The van der Waals surface area contributed by atoms with Gasteiger partial charge in [0.1, 0.15) is 5.52 Å². The number of halogens is 3. The number of hydrogen-bond donors (Lipinski definition) is 3. The Kier molecular flexibility index (Phi) is 6.71. The van der Waals surface area contributed by atoms with Gasteiger partial charge in [0.2, 0.25) is 5.95 Å². The van der Waals surface area contributed by atoms with Crippen molar-refractivity contribution >= 4 is 45.0 Å². The van der Waals surface area contributed by atoms with Crippen LogP contribution < -0.4 is 20.7 Å². The maximum atomic E-state index is 13.2. The van der Waals surface area contributed by atoms with Gasteiger partial charge in [0, 0.05) is 61.6 Å². The number of nitrogens with two attached hydrogens (primary N) is 1. The Labute approximate surface area is 215 Å². The van der Waals surface area contributed by atoms with E-state index in [4.69, 9.17) is 5.73 Å². The van der Waals surface area contributed by atoms with Crippen LogP contribution in [0.2, 0.25) is 0 Å². The lowest BCUT2D eigenvalue weighted by atomic mass is 10.1. The van der Waals surface area contributed by atoms with Crippen molar-refractivity contribution in [3.8, 4) is 5.75 Å². The standard InChI is InChI=1S/C25H26F3N7O3/c1-33-6-8-34(9-7-33)16-3-5-20(38-25(26,27)28)19(12-16)31-24-30-13-15-2-4-17-18(23(29)37)14-35(10-11-36)22(17)21(15)32-24/h2-5,12-14,36H,6-11H2,1H3,(H2,29,37)(H,30,31,32). The number of carbonyl (C=O) groups is 1. The van der Waals surface area contributed by atoms with Gasteiger partial charge in [-0.15, -0.1) is 13.2 Å². The van der Waals surface area contributed by atoms with Crippen molar-refractivity contribution in [2.45, 2.75) is 12.9 Å². The lowest BCUT2D eigenvalue weighted by molar-refractivity contribution is -0.274. The van der Waals surface area contributed by atoms with E-state index in [9.17, 15) is 23.1 Å². The molecule has 200 valence electrons. The van der Waals surface area contributed by atoms with Crippen molar-refractivity contribution in [3.05, 3.63) is 48.3 Å². The lowest BCUT2D eigenvalue weighted by Crippen LogP contribution is -2.44. The number of hydrogen-bond acceptors (Lipinski definition) is 8. The van der Waals surface area contributed by atoms with Gasteiger partial charge in [-0.25, -0.2) is 9.97 Å². The maximum Gasteiger partial charge on any atom is 0.573 e. The number of aromatic nitrogens is 3. The molecular formula is C25H26F3N7O3. The van der Waals surface area contributed by atoms with E-state index in [-0.39, 0.29) is 30.4 Å². The van der Waals surface area contributed by atoms with E-state index in [1.807, 2.05) is 7.05 Å². The first-order valence-corrected chi connectivity index (χ1v) is 11.9. The third-order valence-electron chi connectivity index (χ3n) is 6.50. The molecule has 4 aromatic rings. The Morgan fingerprint density at radius 2 is 1.95 bits per heavy atom. The monoisotopic (exact) mass is 529 g/mol. The van der Waals surface area contributed by atoms with Gasteiger partial charge >= 0.3 is 6.36 Å². The third-order valence-corrected chi connectivity index (χ3v) is 6.50. The molecule has 2 aromatic heterocycles. The van der Waals surface area contributed by atoms with E-state index in [1.54, 1.807) is 35.0 Å². The minimum Gasteiger partial charge on any atom is -0.404 e. The van der Waals surface area contributed by atoms with Crippen LogP contribution in [0.25, 0.3) is 21.8 Å². The molecular weight excluding hydrogens is 503 g/mol. The summed E-state index contributed by atoms with van der Waals surface area (Å²) in [6.45, 7) is 3.11. The molecule has 0 spiro atoms. The summed E-state index contributed by atoms with van der Waals surface area (Å²) >= 11 is 0. The molecule has 3 heterocycles. The number of aliphatic hydroxyl groups is 1. The Morgan fingerprint density at radius 1 is 1.18 bits per heavy atom. The van der Waals surface area contributed by atoms with Crippen molar-refractivity contribution in [1.82, 2.24) is 19.4 Å². The van der Waals surface area contributed by atoms with Crippen LogP contribution in [0.15, 0.2) is 42.7 Å². The van der Waals surface area contributed by atoms with Gasteiger partial charge in [0.25, 0.3) is 5.91 Å². The largest absolute Gasteiger partial charge is 0.573 e. The summed E-state index contributed by atoms with van der Waals surface area (Å²) in [5, 5.41) is 13.6. The molecule has 0 saturated carbocycles. The summed E-state index contributed by atoms with van der Waals surface area (Å²) in [5.41, 5.74) is 7.59. The SMILES string of the molecule is CN1CCN(c2ccc(OC(F)(F)F)c(Nc3ncc4ccc5c(C(N)=O)cn(CCO)c5c4n3)c2)CC1. The summed E-state index contributed by atoms with van der Waals surface area (Å²) < 4.78 is 45.4. The molecule has 1 saturated heterocycles. The fourth-order valence-electron chi connectivity index (χ4n) is 4.63. The van der Waals surface area contributed by atoms with Crippen LogP contribution in [0.1, 0.15) is 10.4 Å². The highest BCUT2D eigenvalue weighted by Crippen LogP contribution is 2.36. The summed E-state index contributed by atoms with van der Waals surface area (Å²) in [4.78, 5) is 25.1. The molecule has 0 atom stereocenters. The molecule has 1 amide bonds. The number of aliphatic hydroxyl groups excluding tert-OH is 1. The van der Waals surface area contributed by atoms with Crippen LogP contribution in [0, 0.1) is 0 Å². The molecule has 5 rings (SSSR count). The normalized spacial score (nSPS) is 14.8. The Balaban J connectivity index is 1.58. The number of piperazine rings is 1. The predicted molar refractivity (Wildman–Crippen MR) is 137 cm³/mol. The second-order valence-corrected chi connectivity index (χ2v) is 9.06. The molecule has 10 nitrogen and oxygen atoms in total. The topological polar surface area (TPSA) is 122 Å². The van der Waals surface area contributed by atoms with E-state index in [0.29, 0.717) is 21.8 Å². The summed E-state index contributed by atoms with van der Waals surface area (Å²) in [6, 6.07) is 7.89. The van der Waals surface area contributed by atoms with E-state index < -0.39 is 18.0 Å². The Morgan fingerprint density at radius 3 is 2.63 bits per heavy atom. The lowest BCUT2D eigenvalue weighted by Gasteiger charge is -2.34. The fourth-order valence-corrected chi connectivity index (χ4v) is 4.63. The first kappa shape index (κ1) is 25.5. The van der Waals surface area contributed by atoms with Crippen LogP contribution in [0.4, 0.5) is 30.5 Å². The van der Waals surface area contributed by atoms with Crippen molar-refractivity contribution < 1.29 is 27.8 Å². The predicted octanol–water partition coefficient (Wildman–Crippen LogP) is 3.07. The number of amides is 1. The minimum atomic E-state index is -4.89. The molecule has 0 aliphatic carbocycles. The van der Waals surface area contributed by atoms with Gasteiger partial charge in [-0.05, 0) is 25.2 Å². The maximum absolute atomic E-state index is 13.2. The van der Waals surface area contributed by atoms with Crippen molar-refractivity contribution in [3.63, 3.8) is 0 Å². The summed E-state index contributed by atoms with van der Waals surface area (Å²) in [6.07, 6.45) is -1.82. The molecule has 1 aliphatic heterocycles. The zero-order chi connectivity index (χ0) is 27.0. The van der Waals surface area contributed by atoms with Crippen LogP contribution in [-0.2, 0) is 6.54 Å². The first-order chi connectivity index (χ1) is 18.1. The molecule has 13 heteroatoms. The van der Waals surface area contributed by atoms with Crippen molar-refractivity contribution in [2.75, 3.05) is 50.1 Å². The zero-order valence-corrected chi connectivity index (χ0v) is 20.5. The number of fused-ring (bicyclic) bond motifs is 3. The van der Waals surface area contributed by atoms with Crippen LogP contribution in [0.5, 0.6) is 5.75 Å². The van der Waals surface area contributed by atoms with E-state index in [0.717, 1.165) is 31.9 Å². The zero-order valence-electron chi connectivity index (χ0n) is 20.5. The number of likely N-dealkylation sites (N-methyl/N-ethyl adjacent to an activating group) is 1. The fraction of sp³-hybridized carbons (Fsp3) is 0.320. The van der Waals surface area contributed by atoms with E-state index in [2.05, 4.69) is 29.8 Å². The molecule has 2 aromatic carbocycles. The summed E-state index contributed by atoms with van der Waals surface area (Å²) in [7, 11) is 2.02. The Hall–Kier alpha value is -4.10. The highest BCUT2D eigenvalue weighted by atomic mass is 19.4. The van der Waals surface area contributed by atoms with Gasteiger partial charge in [0.15, 0.2) is 5.75 Å². The molecule has 1 aliphatic rings. The second kappa shape index (κ2) is 9.99. The number of alkyl halides is 3. The van der Waals surface area contributed by atoms with Crippen LogP contribution in [0.3, 0.4) is 0 Å². The van der Waals surface area contributed by atoms with E-state index in [1.165, 1.54) is 12.3 Å². The van der Waals surface area contributed by atoms with Gasteiger partial charge in [-0.1, -0.05) is 12.1 Å². The van der Waals surface area contributed by atoms with Gasteiger partial charge < -0.3 is 35.3 Å². The van der Waals surface area contributed by atoms with Gasteiger partial charge in [-0.3, -0.25) is 4.79 Å². The molecule has 0 radical (unpaired) electrons. The summed E-state index contributed by atoms with van der Waals surface area (Å²) in [5.74, 6) is -1.02. The Bertz CT molecular complexity index is 1500. The van der Waals surface area contributed by atoms with E-state index >= 15 is 0 Å². The number of rotatable bonds is 7. The number of benzene rings is 2. The van der Waals surface area contributed by atoms with Crippen LogP contribution in [-0.4, -0.2) is 76.6 Å². The third kappa shape index (κ3) is 5.15. The first-order valence-electron chi connectivity index (χ1n) is 11.9. The number of primary amides is 1. The average Bonchev–Trinajstić information content (AvgIpc) is 3.24. The number of ether oxygens (including phenoxy) is 1. The molecule has 4 N–H and O–H groups in total. The van der Waals surface area contributed by atoms with Crippen molar-refractivity contribution in [1.29, 1.82) is 0 Å². The second-order valence-electron chi connectivity index (χ2n) is 9.06. The van der Waals surface area contributed by atoms with Gasteiger partial charge in [0.05, 0.1) is 23.4 Å². The molecule has 0 unspecified atom stereocenters. The highest BCUT2D eigenvalue weighted by Gasteiger charge is 2.32. The molecule has 0 bridgehead atoms. The molecule has 38 heavy (non-hydrogen) atoms. The average molecular weight is 530 g/mol. The number of anilines is 3. The highest BCUT2D eigenvalue weighted by molar-refractivity contribution is 6.13.